The quantitative estimate of drug-likeness (QED) is 0.826. The van der Waals surface area contributed by atoms with Crippen molar-refractivity contribution >= 4 is 0 Å². The minimum atomic E-state index is -0.0258. The molecule has 0 spiro atoms. The first kappa shape index (κ1) is 15.5. The van der Waals surface area contributed by atoms with Gasteiger partial charge in [-0.05, 0) is 53.7 Å². The summed E-state index contributed by atoms with van der Waals surface area (Å²) in [5.41, 5.74) is 1.30. The van der Waals surface area contributed by atoms with Gasteiger partial charge in [-0.15, -0.1) is 0 Å². The normalized spacial score (nSPS) is 26.1. The van der Waals surface area contributed by atoms with Crippen molar-refractivity contribution < 1.29 is 0 Å². The molecule has 3 nitrogen and oxygen atoms in total. The van der Waals surface area contributed by atoms with Crippen LogP contribution in [0.3, 0.4) is 0 Å². The van der Waals surface area contributed by atoms with Crippen molar-refractivity contribution in [3.63, 3.8) is 0 Å². The SMILES string of the molecule is CC(C)N1CCN(C(C)(C)C)C(C)(c2ccccn2)C1. The fourth-order valence-electron chi connectivity index (χ4n) is 3.45. The predicted octanol–water partition coefficient (Wildman–Crippen LogP) is 3.12. The number of rotatable bonds is 2. The topological polar surface area (TPSA) is 19.4 Å². The molecule has 0 N–H and O–H groups in total. The molecule has 2 rings (SSSR count). The molecule has 20 heavy (non-hydrogen) atoms. The van der Waals surface area contributed by atoms with Gasteiger partial charge in [0, 0.05) is 37.4 Å². The van der Waals surface area contributed by atoms with Crippen molar-refractivity contribution in [2.75, 3.05) is 19.6 Å². The summed E-state index contributed by atoms with van der Waals surface area (Å²) < 4.78 is 0. The lowest BCUT2D eigenvalue weighted by molar-refractivity contribution is -0.0624. The fraction of sp³-hybridized carbons (Fsp3) is 0.706. The lowest BCUT2D eigenvalue weighted by Crippen LogP contribution is -2.65. The molecule has 0 amide bonds. The van der Waals surface area contributed by atoms with Crippen LogP contribution in [0.4, 0.5) is 0 Å². The molecule has 0 aliphatic carbocycles. The average molecular weight is 275 g/mol. The van der Waals surface area contributed by atoms with Gasteiger partial charge in [0.1, 0.15) is 0 Å². The second-order valence-corrected chi connectivity index (χ2v) is 7.38. The Morgan fingerprint density at radius 3 is 2.40 bits per heavy atom. The highest BCUT2D eigenvalue weighted by Crippen LogP contribution is 2.36. The zero-order valence-electron chi connectivity index (χ0n) is 13.8. The Hall–Kier alpha value is -0.930. The van der Waals surface area contributed by atoms with E-state index in [-0.39, 0.29) is 11.1 Å². The Balaban J connectivity index is 2.40. The Morgan fingerprint density at radius 2 is 1.90 bits per heavy atom. The molecule has 1 saturated heterocycles. The molecule has 1 unspecified atom stereocenters. The van der Waals surface area contributed by atoms with Crippen LogP contribution >= 0.6 is 0 Å². The van der Waals surface area contributed by atoms with E-state index < -0.39 is 0 Å². The first-order chi connectivity index (χ1) is 9.25. The number of hydrogen-bond donors (Lipinski definition) is 0. The molecule has 1 atom stereocenters. The van der Waals surface area contributed by atoms with Crippen LogP contribution < -0.4 is 0 Å². The van der Waals surface area contributed by atoms with Gasteiger partial charge in [-0.25, -0.2) is 0 Å². The minimum absolute atomic E-state index is 0.0258. The molecule has 2 heterocycles. The van der Waals surface area contributed by atoms with E-state index in [1.54, 1.807) is 0 Å². The van der Waals surface area contributed by atoms with E-state index in [0.717, 1.165) is 19.6 Å². The van der Waals surface area contributed by atoms with Crippen LogP contribution in [0.1, 0.15) is 47.2 Å². The standard InChI is InChI=1S/C17H29N3/c1-14(2)19-11-12-20(16(3,4)5)17(6,13-19)15-9-7-8-10-18-15/h7-10,14H,11-13H2,1-6H3. The fourth-order valence-corrected chi connectivity index (χ4v) is 3.45. The minimum Gasteiger partial charge on any atom is -0.297 e. The molecule has 1 aliphatic heterocycles. The Bertz CT molecular complexity index is 435. The summed E-state index contributed by atoms with van der Waals surface area (Å²) in [5.74, 6) is 0. The molecule has 1 aromatic heterocycles. The van der Waals surface area contributed by atoms with E-state index in [0.29, 0.717) is 6.04 Å². The molecule has 0 aromatic carbocycles. The van der Waals surface area contributed by atoms with Crippen LogP contribution in [0.2, 0.25) is 0 Å². The largest absolute Gasteiger partial charge is 0.297 e. The molecular formula is C17H29N3. The molecule has 1 aromatic rings. The lowest BCUT2D eigenvalue weighted by atomic mass is 9.86. The Morgan fingerprint density at radius 1 is 1.20 bits per heavy atom. The molecule has 0 saturated carbocycles. The monoisotopic (exact) mass is 275 g/mol. The molecule has 1 aliphatic rings. The summed E-state index contributed by atoms with van der Waals surface area (Å²) in [5, 5.41) is 0. The predicted molar refractivity (Wildman–Crippen MR) is 84.8 cm³/mol. The van der Waals surface area contributed by atoms with Crippen LogP contribution in [0, 0.1) is 0 Å². The number of nitrogens with zero attached hydrogens (tertiary/aromatic N) is 3. The van der Waals surface area contributed by atoms with E-state index >= 15 is 0 Å². The lowest BCUT2D eigenvalue weighted by Gasteiger charge is -2.55. The third-order valence-corrected chi connectivity index (χ3v) is 4.47. The highest BCUT2D eigenvalue weighted by atomic mass is 15.4. The highest BCUT2D eigenvalue weighted by molar-refractivity contribution is 5.18. The van der Waals surface area contributed by atoms with Gasteiger partial charge >= 0.3 is 0 Å². The summed E-state index contributed by atoms with van der Waals surface area (Å²) in [4.78, 5) is 9.84. The number of aromatic nitrogens is 1. The third kappa shape index (κ3) is 2.89. The van der Waals surface area contributed by atoms with Crippen LogP contribution in [-0.4, -0.2) is 46.0 Å². The maximum absolute atomic E-state index is 4.66. The van der Waals surface area contributed by atoms with Crippen molar-refractivity contribution in [2.45, 2.75) is 58.7 Å². The highest BCUT2D eigenvalue weighted by Gasteiger charge is 2.45. The summed E-state index contributed by atoms with van der Waals surface area (Å²) in [6.45, 7) is 17.1. The van der Waals surface area contributed by atoms with E-state index in [1.807, 2.05) is 12.3 Å². The van der Waals surface area contributed by atoms with E-state index in [4.69, 9.17) is 0 Å². The van der Waals surface area contributed by atoms with Gasteiger partial charge < -0.3 is 0 Å². The molecule has 112 valence electrons. The van der Waals surface area contributed by atoms with Gasteiger partial charge in [-0.2, -0.15) is 0 Å². The Kier molecular flexibility index (Phi) is 4.22. The molecular weight excluding hydrogens is 246 g/mol. The Labute approximate surface area is 124 Å². The van der Waals surface area contributed by atoms with Gasteiger partial charge in [0.05, 0.1) is 11.2 Å². The summed E-state index contributed by atoms with van der Waals surface area (Å²) in [7, 11) is 0. The van der Waals surface area contributed by atoms with Gasteiger partial charge in [0.25, 0.3) is 0 Å². The van der Waals surface area contributed by atoms with E-state index in [2.05, 4.69) is 68.5 Å². The van der Waals surface area contributed by atoms with Crippen molar-refractivity contribution in [1.29, 1.82) is 0 Å². The van der Waals surface area contributed by atoms with Gasteiger partial charge in [0.2, 0.25) is 0 Å². The molecule has 1 fully saturated rings. The van der Waals surface area contributed by atoms with Crippen LogP contribution in [0.15, 0.2) is 24.4 Å². The maximum Gasteiger partial charge on any atom is 0.0738 e. The number of pyridine rings is 1. The summed E-state index contributed by atoms with van der Waals surface area (Å²) in [6, 6.07) is 6.85. The first-order valence-electron chi connectivity index (χ1n) is 7.68. The summed E-state index contributed by atoms with van der Waals surface area (Å²) >= 11 is 0. The van der Waals surface area contributed by atoms with Crippen molar-refractivity contribution in [3.05, 3.63) is 30.1 Å². The molecule has 0 bridgehead atoms. The second-order valence-electron chi connectivity index (χ2n) is 7.38. The zero-order valence-corrected chi connectivity index (χ0v) is 13.8. The van der Waals surface area contributed by atoms with Crippen molar-refractivity contribution in [2.24, 2.45) is 0 Å². The maximum atomic E-state index is 4.66. The van der Waals surface area contributed by atoms with Gasteiger partial charge in [-0.3, -0.25) is 14.8 Å². The van der Waals surface area contributed by atoms with Crippen LogP contribution in [-0.2, 0) is 5.54 Å². The number of piperazine rings is 1. The molecule has 3 heteroatoms. The summed E-state index contributed by atoms with van der Waals surface area (Å²) in [6.07, 6.45) is 1.91. The smallest absolute Gasteiger partial charge is 0.0738 e. The average Bonchev–Trinajstić information content (AvgIpc) is 2.38. The zero-order chi connectivity index (χ0) is 15.0. The van der Waals surface area contributed by atoms with Crippen molar-refractivity contribution in [1.82, 2.24) is 14.8 Å². The van der Waals surface area contributed by atoms with Crippen molar-refractivity contribution in [3.8, 4) is 0 Å². The van der Waals surface area contributed by atoms with E-state index in [9.17, 15) is 0 Å². The van der Waals surface area contributed by atoms with E-state index in [1.165, 1.54) is 5.69 Å². The first-order valence-corrected chi connectivity index (χ1v) is 7.68. The van der Waals surface area contributed by atoms with Crippen LogP contribution in [0.5, 0.6) is 0 Å². The second kappa shape index (κ2) is 5.45. The third-order valence-electron chi connectivity index (χ3n) is 4.47. The van der Waals surface area contributed by atoms with Gasteiger partial charge in [0.15, 0.2) is 0 Å². The molecule has 0 radical (unpaired) electrons. The van der Waals surface area contributed by atoms with Crippen LogP contribution in [0.25, 0.3) is 0 Å². The number of hydrogen-bond acceptors (Lipinski definition) is 3. The van der Waals surface area contributed by atoms with Gasteiger partial charge in [-0.1, -0.05) is 6.07 Å².